The van der Waals surface area contributed by atoms with Crippen LogP contribution >= 0.6 is 0 Å². The third-order valence-electron chi connectivity index (χ3n) is 3.92. The lowest BCUT2D eigenvalue weighted by atomic mass is 9.89. The Labute approximate surface area is 130 Å². The molecule has 1 N–H and O–H groups in total. The number of hydrogen-bond donors (Lipinski definition) is 1. The number of carboxylic acid groups (broad SMARTS) is 1. The van der Waals surface area contributed by atoms with Gasteiger partial charge in [-0.1, -0.05) is 30.3 Å². The molecule has 1 aliphatic rings. The first-order chi connectivity index (χ1) is 10.9. The van der Waals surface area contributed by atoms with Crippen LogP contribution in [0.5, 0.6) is 0 Å². The fourth-order valence-corrected chi connectivity index (χ4v) is 2.87. The molecule has 23 heavy (non-hydrogen) atoms. The van der Waals surface area contributed by atoms with E-state index in [0.29, 0.717) is 12.0 Å². The third-order valence-corrected chi connectivity index (χ3v) is 3.92. The predicted octanol–water partition coefficient (Wildman–Crippen LogP) is 3.73. The Balaban J connectivity index is 2.05. The van der Waals surface area contributed by atoms with Gasteiger partial charge in [-0.2, -0.15) is 13.2 Å². The molecule has 120 valence electrons. The van der Waals surface area contributed by atoms with Gasteiger partial charge in [-0.15, -0.1) is 0 Å². The molecule has 1 aromatic carbocycles. The Bertz CT molecular complexity index is 729. The van der Waals surface area contributed by atoms with Crippen molar-refractivity contribution in [3.05, 3.63) is 65.0 Å². The Morgan fingerprint density at radius 3 is 2.57 bits per heavy atom. The van der Waals surface area contributed by atoms with Crippen LogP contribution in [-0.4, -0.2) is 27.6 Å². The van der Waals surface area contributed by atoms with Gasteiger partial charge in [0.25, 0.3) is 0 Å². The number of halogens is 3. The van der Waals surface area contributed by atoms with Crippen LogP contribution < -0.4 is 0 Å². The van der Waals surface area contributed by atoms with Gasteiger partial charge in [0.2, 0.25) is 0 Å². The lowest BCUT2D eigenvalue weighted by Gasteiger charge is -2.35. The molecular weight excluding hydrogens is 309 g/mol. The van der Waals surface area contributed by atoms with Crippen molar-refractivity contribution >= 4 is 6.09 Å². The van der Waals surface area contributed by atoms with E-state index < -0.39 is 24.0 Å². The number of amides is 1. The van der Waals surface area contributed by atoms with Crippen molar-refractivity contribution in [2.75, 3.05) is 6.54 Å². The normalized spacial score (nSPS) is 17.7. The van der Waals surface area contributed by atoms with Crippen molar-refractivity contribution in [1.82, 2.24) is 9.88 Å². The van der Waals surface area contributed by atoms with Gasteiger partial charge in [-0.3, -0.25) is 9.88 Å². The fourth-order valence-electron chi connectivity index (χ4n) is 2.87. The second-order valence-electron chi connectivity index (χ2n) is 5.30. The third kappa shape index (κ3) is 2.86. The van der Waals surface area contributed by atoms with Crippen molar-refractivity contribution in [2.45, 2.75) is 18.6 Å². The summed E-state index contributed by atoms with van der Waals surface area (Å²) in [5.41, 5.74) is 1.21. The summed E-state index contributed by atoms with van der Waals surface area (Å²) in [5.74, 6) is 0. The van der Waals surface area contributed by atoms with E-state index >= 15 is 0 Å². The fraction of sp³-hybridized carbons (Fsp3) is 0.250. The maximum atomic E-state index is 12.6. The number of pyridine rings is 1. The standard InChI is InChI=1S/C16H13F3N2O2/c17-16(18,19)13-6-5-11(9-20-13)14-12-4-2-1-3-10(12)7-8-21(14)15(22)23/h1-6,9,14H,7-8H2,(H,22,23). The summed E-state index contributed by atoms with van der Waals surface area (Å²) in [6.45, 7) is 0.290. The second kappa shape index (κ2) is 5.57. The van der Waals surface area contributed by atoms with Gasteiger partial charge in [-0.25, -0.2) is 4.79 Å². The summed E-state index contributed by atoms with van der Waals surface area (Å²) in [4.78, 5) is 16.2. The number of benzene rings is 1. The summed E-state index contributed by atoms with van der Waals surface area (Å²) in [5, 5.41) is 9.40. The number of hydrogen-bond acceptors (Lipinski definition) is 2. The molecule has 0 bridgehead atoms. The molecule has 3 rings (SSSR count). The molecule has 1 unspecified atom stereocenters. The number of rotatable bonds is 1. The smallest absolute Gasteiger partial charge is 0.433 e. The largest absolute Gasteiger partial charge is 0.465 e. The summed E-state index contributed by atoms with van der Waals surface area (Å²) in [6.07, 6.45) is -3.95. The van der Waals surface area contributed by atoms with E-state index in [9.17, 15) is 23.1 Å². The average molecular weight is 322 g/mol. The monoisotopic (exact) mass is 322 g/mol. The highest BCUT2D eigenvalue weighted by molar-refractivity contribution is 5.67. The molecule has 0 spiro atoms. The quantitative estimate of drug-likeness (QED) is 0.870. The molecule has 0 fully saturated rings. The summed E-state index contributed by atoms with van der Waals surface area (Å²) in [7, 11) is 0. The SMILES string of the molecule is O=C(O)N1CCc2ccccc2C1c1ccc(C(F)(F)F)nc1. The number of fused-ring (bicyclic) bond motifs is 1. The number of carbonyl (C=O) groups is 1. The molecule has 0 saturated carbocycles. The molecular formula is C16H13F3N2O2. The highest BCUT2D eigenvalue weighted by Crippen LogP contribution is 2.36. The summed E-state index contributed by atoms with van der Waals surface area (Å²) >= 11 is 0. The van der Waals surface area contributed by atoms with Gasteiger partial charge in [-0.05, 0) is 29.2 Å². The molecule has 2 heterocycles. The minimum absolute atomic E-state index is 0.290. The molecule has 0 saturated heterocycles. The topological polar surface area (TPSA) is 53.4 Å². The zero-order valence-electron chi connectivity index (χ0n) is 11.9. The summed E-state index contributed by atoms with van der Waals surface area (Å²) in [6, 6.07) is 8.87. The minimum Gasteiger partial charge on any atom is -0.465 e. The summed E-state index contributed by atoms with van der Waals surface area (Å²) < 4.78 is 37.9. The van der Waals surface area contributed by atoms with E-state index in [0.717, 1.165) is 23.4 Å². The zero-order chi connectivity index (χ0) is 16.6. The molecule has 4 nitrogen and oxygen atoms in total. The molecule has 1 aromatic heterocycles. The molecule has 1 aliphatic heterocycles. The highest BCUT2D eigenvalue weighted by Gasteiger charge is 2.35. The first-order valence-corrected chi connectivity index (χ1v) is 6.98. The zero-order valence-corrected chi connectivity index (χ0v) is 11.9. The van der Waals surface area contributed by atoms with Crippen molar-refractivity contribution in [1.29, 1.82) is 0 Å². The van der Waals surface area contributed by atoms with Crippen LogP contribution in [-0.2, 0) is 12.6 Å². The molecule has 7 heteroatoms. The first kappa shape index (κ1) is 15.3. The van der Waals surface area contributed by atoms with Crippen LogP contribution in [0.15, 0.2) is 42.6 Å². The van der Waals surface area contributed by atoms with Crippen LogP contribution in [0.25, 0.3) is 0 Å². The van der Waals surface area contributed by atoms with E-state index in [1.807, 2.05) is 12.1 Å². The van der Waals surface area contributed by atoms with Crippen molar-refractivity contribution < 1.29 is 23.1 Å². The van der Waals surface area contributed by atoms with Gasteiger partial charge in [0.15, 0.2) is 0 Å². The second-order valence-corrected chi connectivity index (χ2v) is 5.30. The van der Waals surface area contributed by atoms with Crippen LogP contribution in [0.2, 0.25) is 0 Å². The molecule has 2 aromatic rings. The van der Waals surface area contributed by atoms with Crippen molar-refractivity contribution in [3.8, 4) is 0 Å². The Kier molecular flexibility index (Phi) is 3.71. The van der Waals surface area contributed by atoms with Crippen LogP contribution in [0.3, 0.4) is 0 Å². The van der Waals surface area contributed by atoms with Gasteiger partial charge in [0.05, 0.1) is 6.04 Å². The molecule has 1 amide bonds. The van der Waals surface area contributed by atoms with Crippen molar-refractivity contribution in [3.63, 3.8) is 0 Å². The van der Waals surface area contributed by atoms with Gasteiger partial charge in [0, 0.05) is 12.7 Å². The maximum Gasteiger partial charge on any atom is 0.433 e. The van der Waals surface area contributed by atoms with Crippen LogP contribution in [0.4, 0.5) is 18.0 Å². The number of aromatic nitrogens is 1. The predicted molar refractivity (Wildman–Crippen MR) is 76.0 cm³/mol. The molecule has 0 aliphatic carbocycles. The van der Waals surface area contributed by atoms with Gasteiger partial charge in [0.1, 0.15) is 5.69 Å². The Morgan fingerprint density at radius 1 is 1.22 bits per heavy atom. The molecule has 0 radical (unpaired) electrons. The first-order valence-electron chi connectivity index (χ1n) is 6.98. The van der Waals surface area contributed by atoms with Gasteiger partial charge >= 0.3 is 12.3 Å². The van der Waals surface area contributed by atoms with Crippen LogP contribution in [0, 0.1) is 0 Å². The maximum absolute atomic E-state index is 12.6. The Morgan fingerprint density at radius 2 is 1.96 bits per heavy atom. The number of alkyl halides is 3. The molecule has 1 atom stereocenters. The van der Waals surface area contributed by atoms with E-state index in [4.69, 9.17) is 0 Å². The van der Waals surface area contributed by atoms with Gasteiger partial charge < -0.3 is 5.11 Å². The van der Waals surface area contributed by atoms with E-state index in [2.05, 4.69) is 4.98 Å². The lowest BCUT2D eigenvalue weighted by molar-refractivity contribution is -0.141. The van der Waals surface area contributed by atoms with Crippen molar-refractivity contribution in [2.24, 2.45) is 0 Å². The highest BCUT2D eigenvalue weighted by atomic mass is 19.4. The van der Waals surface area contributed by atoms with E-state index in [-0.39, 0.29) is 6.54 Å². The Hall–Kier alpha value is -2.57. The number of nitrogens with zero attached hydrogens (tertiary/aromatic N) is 2. The van der Waals surface area contributed by atoms with E-state index in [1.54, 1.807) is 12.1 Å². The lowest BCUT2D eigenvalue weighted by Crippen LogP contribution is -2.39. The average Bonchev–Trinajstić information content (AvgIpc) is 2.53. The van der Waals surface area contributed by atoms with Crippen LogP contribution in [0.1, 0.15) is 28.4 Å². The van der Waals surface area contributed by atoms with E-state index in [1.165, 1.54) is 11.0 Å². The minimum atomic E-state index is -4.52.